The largest absolute Gasteiger partial charge is 0.445 e. The van der Waals surface area contributed by atoms with Crippen molar-refractivity contribution in [3.63, 3.8) is 0 Å². The fourth-order valence-corrected chi connectivity index (χ4v) is 1.30. The first-order valence-electron chi connectivity index (χ1n) is 5.16. The maximum Gasteiger partial charge on any atom is 0.410 e. The molecule has 0 atom stereocenters. The van der Waals surface area contributed by atoms with Gasteiger partial charge in [-0.05, 0) is 12.5 Å². The Balaban J connectivity index is 2.38. The first-order chi connectivity index (χ1) is 7.59. The second kappa shape index (κ2) is 5.95. The Labute approximate surface area is 96.3 Å². The lowest BCUT2D eigenvalue weighted by molar-refractivity contribution is 0.107. The number of ether oxygens (including phenoxy) is 1. The maximum atomic E-state index is 11.5. The van der Waals surface area contributed by atoms with Gasteiger partial charge in [-0.25, -0.2) is 4.79 Å². The minimum atomic E-state index is -0.327. The normalized spacial score (nSPS) is 9.62. The minimum absolute atomic E-state index is 0.306. The zero-order chi connectivity index (χ0) is 12.0. The summed E-state index contributed by atoms with van der Waals surface area (Å²) in [5.41, 5.74) is 1.92. The van der Waals surface area contributed by atoms with E-state index in [1.807, 2.05) is 37.3 Å². The van der Waals surface area contributed by atoms with E-state index >= 15 is 0 Å². The van der Waals surface area contributed by atoms with Crippen LogP contribution in [0.15, 0.2) is 42.5 Å². The van der Waals surface area contributed by atoms with Gasteiger partial charge in [-0.15, -0.1) is 0 Å². The Morgan fingerprint density at radius 2 is 2.00 bits per heavy atom. The van der Waals surface area contributed by atoms with Gasteiger partial charge in [0.25, 0.3) is 0 Å². The van der Waals surface area contributed by atoms with Crippen LogP contribution >= 0.6 is 0 Å². The summed E-state index contributed by atoms with van der Waals surface area (Å²) in [5.74, 6) is 0. The smallest absolute Gasteiger partial charge is 0.410 e. The van der Waals surface area contributed by atoms with Crippen LogP contribution in [-0.2, 0) is 11.3 Å². The Morgan fingerprint density at radius 1 is 1.38 bits per heavy atom. The van der Waals surface area contributed by atoms with E-state index in [-0.39, 0.29) is 6.09 Å². The van der Waals surface area contributed by atoms with Crippen molar-refractivity contribution >= 4 is 6.09 Å². The number of amides is 1. The minimum Gasteiger partial charge on any atom is -0.445 e. The van der Waals surface area contributed by atoms with Crippen LogP contribution in [0.4, 0.5) is 4.79 Å². The Hall–Kier alpha value is -1.77. The van der Waals surface area contributed by atoms with Gasteiger partial charge < -0.3 is 9.64 Å². The summed E-state index contributed by atoms with van der Waals surface area (Å²) in [4.78, 5) is 13.0. The fourth-order valence-electron chi connectivity index (χ4n) is 1.30. The number of likely N-dealkylation sites (N-methyl/N-ethyl adjacent to an activating group) is 1. The number of hydrogen-bond donors (Lipinski definition) is 0. The van der Waals surface area contributed by atoms with Gasteiger partial charge in [-0.2, -0.15) is 0 Å². The molecule has 0 saturated carbocycles. The van der Waals surface area contributed by atoms with E-state index in [4.69, 9.17) is 4.74 Å². The highest BCUT2D eigenvalue weighted by molar-refractivity contribution is 5.67. The molecule has 1 rings (SSSR count). The summed E-state index contributed by atoms with van der Waals surface area (Å²) in [6.07, 6.45) is -0.327. The lowest BCUT2D eigenvalue weighted by Crippen LogP contribution is -2.28. The molecule has 86 valence electrons. The SMILES string of the molecule is C=C(C)CN(C)C(=O)OCc1ccccc1. The van der Waals surface area contributed by atoms with Crippen molar-refractivity contribution < 1.29 is 9.53 Å². The zero-order valence-corrected chi connectivity index (χ0v) is 9.77. The highest BCUT2D eigenvalue weighted by Crippen LogP contribution is 2.03. The first-order valence-corrected chi connectivity index (χ1v) is 5.16. The molecule has 1 amide bonds. The second-order valence-corrected chi connectivity index (χ2v) is 3.85. The standard InChI is InChI=1S/C13H17NO2/c1-11(2)9-14(3)13(15)16-10-12-7-5-4-6-8-12/h4-8H,1,9-10H2,2-3H3. The Kier molecular flexibility index (Phi) is 4.58. The van der Waals surface area contributed by atoms with Gasteiger partial charge in [-0.1, -0.05) is 42.5 Å². The average molecular weight is 219 g/mol. The average Bonchev–Trinajstić information content (AvgIpc) is 2.26. The van der Waals surface area contributed by atoms with Crippen molar-refractivity contribution in [2.45, 2.75) is 13.5 Å². The topological polar surface area (TPSA) is 29.5 Å². The van der Waals surface area contributed by atoms with Crippen molar-refractivity contribution in [2.75, 3.05) is 13.6 Å². The molecule has 16 heavy (non-hydrogen) atoms. The molecule has 3 heteroatoms. The summed E-state index contributed by atoms with van der Waals surface area (Å²) in [6.45, 7) is 6.45. The van der Waals surface area contributed by atoms with Crippen LogP contribution in [0.5, 0.6) is 0 Å². The van der Waals surface area contributed by atoms with E-state index in [9.17, 15) is 4.79 Å². The third-order valence-electron chi connectivity index (χ3n) is 2.02. The van der Waals surface area contributed by atoms with E-state index < -0.39 is 0 Å². The number of benzene rings is 1. The van der Waals surface area contributed by atoms with Crippen LogP contribution in [0.2, 0.25) is 0 Å². The molecule has 1 aromatic rings. The molecule has 0 aliphatic carbocycles. The van der Waals surface area contributed by atoms with Gasteiger partial charge >= 0.3 is 6.09 Å². The molecule has 0 fully saturated rings. The molecule has 0 radical (unpaired) electrons. The van der Waals surface area contributed by atoms with Crippen molar-refractivity contribution in [1.29, 1.82) is 0 Å². The van der Waals surface area contributed by atoms with E-state index in [1.54, 1.807) is 7.05 Å². The van der Waals surface area contributed by atoms with Crippen LogP contribution in [0, 0.1) is 0 Å². The van der Waals surface area contributed by atoms with Crippen LogP contribution in [0.1, 0.15) is 12.5 Å². The number of hydrogen-bond acceptors (Lipinski definition) is 2. The van der Waals surface area contributed by atoms with E-state index in [1.165, 1.54) is 4.90 Å². The summed E-state index contributed by atoms with van der Waals surface area (Å²) in [6, 6.07) is 9.61. The van der Waals surface area contributed by atoms with Crippen LogP contribution in [0.25, 0.3) is 0 Å². The third kappa shape index (κ3) is 4.17. The second-order valence-electron chi connectivity index (χ2n) is 3.85. The molecular formula is C13H17NO2. The summed E-state index contributed by atoms with van der Waals surface area (Å²) in [7, 11) is 1.70. The summed E-state index contributed by atoms with van der Waals surface area (Å²) < 4.78 is 5.14. The van der Waals surface area contributed by atoms with Crippen molar-refractivity contribution in [1.82, 2.24) is 4.90 Å². The molecule has 0 N–H and O–H groups in total. The molecule has 0 aliphatic rings. The Bertz CT molecular complexity index is 359. The van der Waals surface area contributed by atoms with Crippen molar-refractivity contribution in [3.05, 3.63) is 48.0 Å². The predicted octanol–water partition coefficient (Wildman–Crippen LogP) is 2.83. The number of nitrogens with zero attached hydrogens (tertiary/aromatic N) is 1. The molecule has 0 spiro atoms. The van der Waals surface area contributed by atoms with Gasteiger partial charge in [0, 0.05) is 13.6 Å². The zero-order valence-electron chi connectivity index (χ0n) is 9.77. The molecule has 1 aromatic carbocycles. The number of carbonyl (C=O) groups excluding carboxylic acids is 1. The van der Waals surface area contributed by atoms with Gasteiger partial charge in [-0.3, -0.25) is 0 Å². The van der Waals surface area contributed by atoms with Gasteiger partial charge in [0.1, 0.15) is 6.61 Å². The van der Waals surface area contributed by atoms with E-state index in [2.05, 4.69) is 6.58 Å². The maximum absolute atomic E-state index is 11.5. The predicted molar refractivity (Wildman–Crippen MR) is 64.1 cm³/mol. The molecule has 0 bridgehead atoms. The third-order valence-corrected chi connectivity index (χ3v) is 2.02. The highest BCUT2D eigenvalue weighted by Gasteiger charge is 2.09. The lowest BCUT2D eigenvalue weighted by atomic mass is 10.2. The molecule has 0 aromatic heterocycles. The monoisotopic (exact) mass is 219 g/mol. The molecular weight excluding hydrogens is 202 g/mol. The Morgan fingerprint density at radius 3 is 2.56 bits per heavy atom. The summed E-state index contributed by atoms with van der Waals surface area (Å²) >= 11 is 0. The summed E-state index contributed by atoms with van der Waals surface area (Å²) in [5, 5.41) is 0. The lowest BCUT2D eigenvalue weighted by Gasteiger charge is -2.16. The van der Waals surface area contributed by atoms with Gasteiger partial charge in [0.15, 0.2) is 0 Å². The fraction of sp³-hybridized carbons (Fsp3) is 0.308. The van der Waals surface area contributed by atoms with Crippen LogP contribution in [0.3, 0.4) is 0 Å². The molecule has 0 aliphatic heterocycles. The van der Waals surface area contributed by atoms with Gasteiger partial charge in [0.05, 0.1) is 0 Å². The molecule has 0 unspecified atom stereocenters. The highest BCUT2D eigenvalue weighted by atomic mass is 16.6. The molecule has 3 nitrogen and oxygen atoms in total. The number of rotatable bonds is 4. The van der Waals surface area contributed by atoms with Crippen molar-refractivity contribution in [3.8, 4) is 0 Å². The molecule has 0 heterocycles. The van der Waals surface area contributed by atoms with Crippen LogP contribution in [-0.4, -0.2) is 24.6 Å². The molecule has 0 saturated heterocycles. The first kappa shape index (κ1) is 12.3. The van der Waals surface area contributed by atoms with Gasteiger partial charge in [0.2, 0.25) is 0 Å². The van der Waals surface area contributed by atoms with Crippen LogP contribution < -0.4 is 0 Å². The quantitative estimate of drug-likeness (QED) is 0.729. The van der Waals surface area contributed by atoms with E-state index in [0.717, 1.165) is 11.1 Å². The number of carbonyl (C=O) groups is 1. The van der Waals surface area contributed by atoms with E-state index in [0.29, 0.717) is 13.2 Å². The van der Waals surface area contributed by atoms with Crippen molar-refractivity contribution in [2.24, 2.45) is 0 Å².